The van der Waals surface area contributed by atoms with E-state index in [2.05, 4.69) is 10.1 Å². The van der Waals surface area contributed by atoms with Crippen molar-refractivity contribution in [1.82, 2.24) is 15.0 Å². The van der Waals surface area contributed by atoms with Crippen LogP contribution >= 0.6 is 0 Å². The molecular weight excluding hydrogens is 184 g/mol. The summed E-state index contributed by atoms with van der Waals surface area (Å²) in [4.78, 5) is 5.96. The van der Waals surface area contributed by atoms with E-state index in [4.69, 9.17) is 10.3 Å². The SMILES string of the molecule is CN(C)Cc1noc([C@@H](O)CCN)n1. The molecule has 0 unspecified atom stereocenters. The van der Waals surface area contributed by atoms with Crippen molar-refractivity contribution in [3.8, 4) is 0 Å². The maximum absolute atomic E-state index is 9.48. The molecule has 0 aliphatic rings. The molecule has 1 aromatic heterocycles. The lowest BCUT2D eigenvalue weighted by molar-refractivity contribution is 0.127. The van der Waals surface area contributed by atoms with Gasteiger partial charge in [0.15, 0.2) is 5.82 Å². The van der Waals surface area contributed by atoms with Gasteiger partial charge in [-0.3, -0.25) is 0 Å². The number of aliphatic hydroxyl groups is 1. The molecule has 3 N–H and O–H groups in total. The fourth-order valence-electron chi connectivity index (χ4n) is 1.03. The molecule has 0 saturated carbocycles. The van der Waals surface area contributed by atoms with Crippen molar-refractivity contribution < 1.29 is 9.63 Å². The molecule has 14 heavy (non-hydrogen) atoms. The number of aromatic nitrogens is 2. The van der Waals surface area contributed by atoms with Gasteiger partial charge in [0.25, 0.3) is 5.89 Å². The summed E-state index contributed by atoms with van der Waals surface area (Å²) in [6.07, 6.45) is -0.313. The van der Waals surface area contributed by atoms with Crippen molar-refractivity contribution in [2.45, 2.75) is 19.1 Å². The minimum Gasteiger partial charge on any atom is -0.383 e. The van der Waals surface area contributed by atoms with Crippen LogP contribution in [0.25, 0.3) is 0 Å². The first-order valence-electron chi connectivity index (χ1n) is 4.49. The highest BCUT2D eigenvalue weighted by Crippen LogP contribution is 2.13. The predicted octanol–water partition coefficient (Wildman–Crippen LogP) is -0.487. The second-order valence-electron chi connectivity index (χ2n) is 3.38. The molecule has 1 atom stereocenters. The smallest absolute Gasteiger partial charge is 0.255 e. The van der Waals surface area contributed by atoms with Crippen LogP contribution in [0, 0.1) is 0 Å². The Bertz CT molecular complexity index is 274. The molecule has 6 heteroatoms. The van der Waals surface area contributed by atoms with Gasteiger partial charge >= 0.3 is 0 Å². The maximum Gasteiger partial charge on any atom is 0.255 e. The van der Waals surface area contributed by atoms with Crippen LogP contribution in [0.5, 0.6) is 0 Å². The van der Waals surface area contributed by atoms with Crippen LogP contribution in [0.3, 0.4) is 0 Å². The van der Waals surface area contributed by atoms with Gasteiger partial charge in [-0.15, -0.1) is 0 Å². The van der Waals surface area contributed by atoms with Crippen molar-refractivity contribution in [2.24, 2.45) is 5.73 Å². The number of hydrogen-bond acceptors (Lipinski definition) is 6. The molecule has 0 amide bonds. The summed E-state index contributed by atoms with van der Waals surface area (Å²) in [5.74, 6) is 0.813. The van der Waals surface area contributed by atoms with Crippen LogP contribution in [0.15, 0.2) is 4.52 Å². The Morgan fingerprint density at radius 2 is 2.29 bits per heavy atom. The Kier molecular flexibility index (Phi) is 3.99. The minimum atomic E-state index is -0.747. The highest BCUT2D eigenvalue weighted by atomic mass is 16.5. The van der Waals surface area contributed by atoms with Gasteiger partial charge in [0.1, 0.15) is 6.10 Å². The molecule has 1 rings (SSSR count). The molecule has 80 valence electrons. The summed E-state index contributed by atoms with van der Waals surface area (Å²) >= 11 is 0. The van der Waals surface area contributed by atoms with Gasteiger partial charge in [-0.05, 0) is 27.1 Å². The Morgan fingerprint density at radius 1 is 1.57 bits per heavy atom. The number of nitrogens with zero attached hydrogens (tertiary/aromatic N) is 3. The van der Waals surface area contributed by atoms with E-state index in [1.165, 1.54) is 0 Å². The summed E-state index contributed by atoms with van der Waals surface area (Å²) in [5, 5.41) is 13.2. The van der Waals surface area contributed by atoms with Crippen molar-refractivity contribution >= 4 is 0 Å². The number of nitrogens with two attached hydrogens (primary N) is 1. The van der Waals surface area contributed by atoms with Gasteiger partial charge in [0.2, 0.25) is 0 Å². The highest BCUT2D eigenvalue weighted by molar-refractivity contribution is 4.89. The Balaban J connectivity index is 2.58. The minimum absolute atomic E-state index is 0.243. The molecule has 0 aliphatic heterocycles. The first-order valence-corrected chi connectivity index (χ1v) is 4.49. The number of rotatable bonds is 5. The van der Waals surface area contributed by atoms with Gasteiger partial charge in [-0.2, -0.15) is 4.98 Å². The molecule has 1 aromatic rings. The number of hydrogen-bond donors (Lipinski definition) is 2. The highest BCUT2D eigenvalue weighted by Gasteiger charge is 2.15. The summed E-state index contributed by atoms with van der Waals surface area (Å²) < 4.78 is 4.89. The largest absolute Gasteiger partial charge is 0.383 e. The monoisotopic (exact) mass is 200 g/mol. The predicted molar refractivity (Wildman–Crippen MR) is 50.3 cm³/mol. The van der Waals surface area contributed by atoms with Crippen molar-refractivity contribution in [3.05, 3.63) is 11.7 Å². The fraction of sp³-hybridized carbons (Fsp3) is 0.750. The van der Waals surface area contributed by atoms with Gasteiger partial charge in [0.05, 0.1) is 6.54 Å². The van der Waals surface area contributed by atoms with E-state index in [1.807, 2.05) is 19.0 Å². The van der Waals surface area contributed by atoms with E-state index in [-0.39, 0.29) is 5.89 Å². The molecule has 0 aromatic carbocycles. The van der Waals surface area contributed by atoms with Crippen molar-refractivity contribution in [3.63, 3.8) is 0 Å². The summed E-state index contributed by atoms with van der Waals surface area (Å²) in [6.45, 7) is 0.991. The zero-order chi connectivity index (χ0) is 10.6. The van der Waals surface area contributed by atoms with Crippen LogP contribution in [0.1, 0.15) is 24.2 Å². The van der Waals surface area contributed by atoms with E-state index in [0.717, 1.165) is 0 Å². The van der Waals surface area contributed by atoms with E-state index < -0.39 is 6.10 Å². The van der Waals surface area contributed by atoms with Crippen molar-refractivity contribution in [2.75, 3.05) is 20.6 Å². The number of aliphatic hydroxyl groups excluding tert-OH is 1. The Hall–Kier alpha value is -0.980. The molecule has 0 saturated heterocycles. The van der Waals surface area contributed by atoms with E-state index in [0.29, 0.717) is 25.3 Å². The lowest BCUT2D eigenvalue weighted by atomic mass is 10.2. The third kappa shape index (κ3) is 3.06. The summed E-state index contributed by atoms with van der Waals surface area (Å²) in [7, 11) is 3.82. The lowest BCUT2D eigenvalue weighted by Gasteiger charge is -2.04. The van der Waals surface area contributed by atoms with Gasteiger partial charge in [-0.1, -0.05) is 5.16 Å². The second kappa shape index (κ2) is 5.04. The molecule has 0 aliphatic carbocycles. The van der Waals surface area contributed by atoms with Crippen LogP contribution < -0.4 is 5.73 Å². The zero-order valence-corrected chi connectivity index (χ0v) is 8.47. The van der Waals surface area contributed by atoms with Crippen LogP contribution in [-0.2, 0) is 6.54 Å². The third-order valence-corrected chi connectivity index (χ3v) is 1.67. The van der Waals surface area contributed by atoms with Gasteiger partial charge in [-0.25, -0.2) is 0 Å². The van der Waals surface area contributed by atoms with Crippen LogP contribution in [-0.4, -0.2) is 40.8 Å². The quantitative estimate of drug-likeness (QED) is 0.667. The second-order valence-corrected chi connectivity index (χ2v) is 3.38. The van der Waals surface area contributed by atoms with Gasteiger partial charge in [0, 0.05) is 0 Å². The van der Waals surface area contributed by atoms with Gasteiger partial charge < -0.3 is 20.3 Å². The maximum atomic E-state index is 9.48. The molecular formula is C8H16N4O2. The standard InChI is InChI=1S/C8H16N4O2/c1-12(2)5-7-10-8(14-11-7)6(13)3-4-9/h6,13H,3-5,9H2,1-2H3/t6-/m0/s1. The zero-order valence-electron chi connectivity index (χ0n) is 8.47. The van der Waals surface area contributed by atoms with E-state index in [1.54, 1.807) is 0 Å². The normalized spacial score (nSPS) is 13.5. The van der Waals surface area contributed by atoms with Crippen molar-refractivity contribution in [1.29, 1.82) is 0 Å². The van der Waals surface area contributed by atoms with Crippen LogP contribution in [0.4, 0.5) is 0 Å². The molecule has 0 bridgehead atoms. The first kappa shape index (κ1) is 11.1. The Morgan fingerprint density at radius 3 is 2.86 bits per heavy atom. The Labute approximate surface area is 82.7 Å². The summed E-state index contributed by atoms with van der Waals surface area (Å²) in [6, 6.07) is 0. The molecule has 0 fully saturated rings. The topological polar surface area (TPSA) is 88.4 Å². The fourth-order valence-corrected chi connectivity index (χ4v) is 1.03. The molecule has 0 radical (unpaired) electrons. The average molecular weight is 200 g/mol. The molecule has 0 spiro atoms. The van der Waals surface area contributed by atoms with E-state index >= 15 is 0 Å². The lowest BCUT2D eigenvalue weighted by Crippen LogP contribution is -2.12. The first-order chi connectivity index (χ1) is 6.63. The van der Waals surface area contributed by atoms with Crippen LogP contribution in [0.2, 0.25) is 0 Å². The molecule has 6 nitrogen and oxygen atoms in total. The molecule has 1 heterocycles. The average Bonchev–Trinajstić information content (AvgIpc) is 2.52. The third-order valence-electron chi connectivity index (χ3n) is 1.67. The van der Waals surface area contributed by atoms with E-state index in [9.17, 15) is 5.11 Å². The summed E-state index contributed by atoms with van der Waals surface area (Å²) in [5.41, 5.74) is 5.30.